The Morgan fingerprint density at radius 3 is 2.75 bits per heavy atom. The lowest BCUT2D eigenvalue weighted by atomic mass is 9.96. The molecule has 1 heterocycles. The number of nitrogens with zero attached hydrogens (tertiary/aromatic N) is 2. The van der Waals surface area contributed by atoms with Crippen LogP contribution in [0.4, 0.5) is 5.69 Å². The van der Waals surface area contributed by atoms with Gasteiger partial charge in [0.25, 0.3) is 11.6 Å². The largest absolute Gasteiger partial charge is 0.355 e. The van der Waals surface area contributed by atoms with Gasteiger partial charge in [0.2, 0.25) is 5.91 Å². The highest BCUT2D eigenvalue weighted by Gasteiger charge is 2.31. The molecule has 1 unspecified atom stereocenters. The van der Waals surface area contributed by atoms with E-state index in [-0.39, 0.29) is 42.0 Å². The fraction of sp³-hybridized carbons (Fsp3) is 0.467. The number of nitro benzene ring substituents is 1. The molecule has 8 nitrogen and oxygen atoms in total. The van der Waals surface area contributed by atoms with E-state index in [1.165, 1.54) is 23.1 Å². The Morgan fingerprint density at radius 1 is 1.38 bits per heavy atom. The van der Waals surface area contributed by atoms with Crippen molar-refractivity contribution in [3.63, 3.8) is 0 Å². The number of likely N-dealkylation sites (tertiary alicyclic amines) is 1. The van der Waals surface area contributed by atoms with Crippen molar-refractivity contribution in [3.05, 3.63) is 39.9 Å². The summed E-state index contributed by atoms with van der Waals surface area (Å²) in [4.78, 5) is 36.6. The summed E-state index contributed by atoms with van der Waals surface area (Å²) < 4.78 is 0. The highest BCUT2D eigenvalue weighted by molar-refractivity contribution is 5.98. The lowest BCUT2D eigenvalue weighted by Gasteiger charge is -2.32. The Morgan fingerprint density at radius 2 is 2.08 bits per heavy atom. The molecular weight excluding hydrogens is 336 g/mol. The predicted molar refractivity (Wildman–Crippen MR) is 91.0 cm³/mol. The average molecular weight is 357 g/mol. The number of benzene rings is 1. The smallest absolute Gasteiger partial charge is 0.282 e. The van der Waals surface area contributed by atoms with Gasteiger partial charge in [-0.1, -0.05) is 12.1 Å². The molecule has 1 fully saturated rings. The SMILES string of the molecule is Cl.NCCNC(=O)C1CCCN(C(=O)c2ccccc2[N+](=O)[O-])C1. The normalized spacial score (nSPS) is 16.9. The first-order chi connectivity index (χ1) is 11.0. The van der Waals surface area contributed by atoms with Crippen LogP contribution in [0.1, 0.15) is 23.2 Å². The molecule has 1 aliphatic rings. The minimum absolute atomic E-state index is 0. The number of halogens is 1. The number of piperidine rings is 1. The molecule has 1 saturated heterocycles. The molecule has 132 valence electrons. The fourth-order valence-electron chi connectivity index (χ4n) is 2.70. The van der Waals surface area contributed by atoms with Crippen molar-refractivity contribution in [2.24, 2.45) is 11.7 Å². The molecule has 24 heavy (non-hydrogen) atoms. The molecule has 0 spiro atoms. The summed E-state index contributed by atoms with van der Waals surface area (Å²) in [5, 5.41) is 13.8. The Hall–Kier alpha value is -2.19. The van der Waals surface area contributed by atoms with Gasteiger partial charge in [-0.25, -0.2) is 0 Å². The van der Waals surface area contributed by atoms with Crippen molar-refractivity contribution in [2.45, 2.75) is 12.8 Å². The van der Waals surface area contributed by atoms with Gasteiger partial charge in [0.05, 0.1) is 10.8 Å². The van der Waals surface area contributed by atoms with Gasteiger partial charge in [0.15, 0.2) is 0 Å². The Bertz CT molecular complexity index is 611. The van der Waals surface area contributed by atoms with Gasteiger partial charge in [-0.05, 0) is 18.9 Å². The molecule has 1 atom stereocenters. The van der Waals surface area contributed by atoms with E-state index in [4.69, 9.17) is 5.73 Å². The Balaban J connectivity index is 0.00000288. The third-order valence-electron chi connectivity index (χ3n) is 3.85. The van der Waals surface area contributed by atoms with Crippen molar-refractivity contribution in [2.75, 3.05) is 26.2 Å². The molecule has 1 aliphatic heterocycles. The number of hydrogen-bond acceptors (Lipinski definition) is 5. The van der Waals surface area contributed by atoms with E-state index in [9.17, 15) is 19.7 Å². The molecule has 1 aromatic rings. The highest BCUT2D eigenvalue weighted by atomic mass is 35.5. The quantitative estimate of drug-likeness (QED) is 0.601. The molecule has 9 heteroatoms. The lowest BCUT2D eigenvalue weighted by molar-refractivity contribution is -0.385. The molecule has 0 aliphatic carbocycles. The van der Waals surface area contributed by atoms with E-state index >= 15 is 0 Å². The van der Waals surface area contributed by atoms with E-state index < -0.39 is 10.8 Å². The zero-order valence-electron chi connectivity index (χ0n) is 13.1. The summed E-state index contributed by atoms with van der Waals surface area (Å²) in [6.07, 6.45) is 1.38. The standard InChI is InChI=1S/C15H20N4O4.ClH/c16-7-8-17-14(20)11-4-3-9-18(10-11)15(21)12-5-1-2-6-13(12)19(22)23;/h1-2,5-6,11H,3-4,7-10,16H2,(H,17,20);1H. The fourth-order valence-corrected chi connectivity index (χ4v) is 2.70. The molecule has 3 N–H and O–H groups in total. The van der Waals surface area contributed by atoms with E-state index in [0.29, 0.717) is 32.5 Å². The van der Waals surface area contributed by atoms with Gasteiger partial charge in [-0.3, -0.25) is 19.7 Å². The second-order valence-corrected chi connectivity index (χ2v) is 5.44. The van der Waals surface area contributed by atoms with Crippen LogP contribution in [0.3, 0.4) is 0 Å². The first-order valence-corrected chi connectivity index (χ1v) is 7.55. The van der Waals surface area contributed by atoms with Crippen molar-refractivity contribution in [1.29, 1.82) is 0 Å². The maximum atomic E-state index is 12.6. The van der Waals surface area contributed by atoms with Gasteiger partial charge >= 0.3 is 0 Å². The van der Waals surface area contributed by atoms with Gasteiger partial charge in [-0.2, -0.15) is 0 Å². The summed E-state index contributed by atoms with van der Waals surface area (Å²) >= 11 is 0. The van der Waals surface area contributed by atoms with E-state index in [1.807, 2.05) is 0 Å². The van der Waals surface area contributed by atoms with E-state index in [2.05, 4.69) is 5.32 Å². The Labute approximate surface area is 145 Å². The maximum absolute atomic E-state index is 12.6. The van der Waals surface area contributed by atoms with Crippen LogP contribution in [0.25, 0.3) is 0 Å². The molecule has 2 amide bonds. The number of nitrogens with two attached hydrogens (primary N) is 1. The van der Waals surface area contributed by atoms with Crippen LogP contribution < -0.4 is 11.1 Å². The summed E-state index contributed by atoms with van der Waals surface area (Å²) in [7, 11) is 0. The maximum Gasteiger partial charge on any atom is 0.282 e. The minimum atomic E-state index is -0.567. The van der Waals surface area contributed by atoms with E-state index in [1.54, 1.807) is 6.07 Å². The summed E-state index contributed by atoms with van der Waals surface area (Å²) in [6.45, 7) is 1.51. The molecule has 1 aromatic carbocycles. The summed E-state index contributed by atoms with van der Waals surface area (Å²) in [5.41, 5.74) is 5.20. The van der Waals surface area contributed by atoms with Gasteiger partial charge < -0.3 is 16.0 Å². The number of amides is 2. The lowest BCUT2D eigenvalue weighted by Crippen LogP contribution is -2.46. The van der Waals surface area contributed by atoms with Crippen LogP contribution in [0.2, 0.25) is 0 Å². The van der Waals surface area contributed by atoms with Crippen LogP contribution in [-0.4, -0.2) is 47.8 Å². The van der Waals surface area contributed by atoms with Crippen molar-refractivity contribution in [1.82, 2.24) is 10.2 Å². The number of rotatable bonds is 5. The minimum Gasteiger partial charge on any atom is -0.355 e. The molecular formula is C15H21ClN4O4. The van der Waals surface area contributed by atoms with Crippen LogP contribution >= 0.6 is 12.4 Å². The van der Waals surface area contributed by atoms with Crippen molar-refractivity contribution in [3.8, 4) is 0 Å². The number of para-hydroxylation sites is 1. The molecule has 0 saturated carbocycles. The number of carbonyl (C=O) groups excluding carboxylic acids is 2. The number of carbonyl (C=O) groups is 2. The average Bonchev–Trinajstić information content (AvgIpc) is 2.59. The molecule has 2 rings (SSSR count). The third kappa shape index (κ3) is 4.65. The number of hydrogen-bond donors (Lipinski definition) is 2. The summed E-state index contributed by atoms with van der Waals surface area (Å²) in [5.74, 6) is -0.842. The third-order valence-corrected chi connectivity index (χ3v) is 3.85. The molecule has 0 radical (unpaired) electrons. The van der Waals surface area contributed by atoms with Gasteiger partial charge in [0, 0.05) is 32.2 Å². The second kappa shape index (κ2) is 9.19. The topological polar surface area (TPSA) is 119 Å². The first kappa shape index (κ1) is 19.9. The Kier molecular flexibility index (Phi) is 7.60. The van der Waals surface area contributed by atoms with Crippen molar-refractivity contribution < 1.29 is 14.5 Å². The van der Waals surface area contributed by atoms with Gasteiger partial charge in [-0.15, -0.1) is 12.4 Å². The van der Waals surface area contributed by atoms with E-state index in [0.717, 1.165) is 0 Å². The van der Waals surface area contributed by atoms with Crippen LogP contribution in [0, 0.1) is 16.0 Å². The number of nitrogens with one attached hydrogen (secondary N) is 1. The first-order valence-electron chi connectivity index (χ1n) is 7.55. The molecule has 0 bridgehead atoms. The van der Waals surface area contributed by atoms with Gasteiger partial charge in [0.1, 0.15) is 5.56 Å². The highest BCUT2D eigenvalue weighted by Crippen LogP contribution is 2.23. The summed E-state index contributed by atoms with van der Waals surface area (Å²) in [6, 6.07) is 5.87. The predicted octanol–water partition coefficient (Wildman–Crippen LogP) is 0.944. The molecule has 0 aromatic heterocycles. The van der Waals surface area contributed by atoms with Crippen LogP contribution in [0.5, 0.6) is 0 Å². The monoisotopic (exact) mass is 356 g/mol. The van der Waals surface area contributed by atoms with Crippen molar-refractivity contribution >= 4 is 29.9 Å². The van der Waals surface area contributed by atoms with Crippen LogP contribution in [-0.2, 0) is 4.79 Å². The zero-order valence-corrected chi connectivity index (χ0v) is 14.0. The van der Waals surface area contributed by atoms with Crippen LogP contribution in [0.15, 0.2) is 24.3 Å². The zero-order chi connectivity index (χ0) is 16.8. The number of nitro groups is 1. The second-order valence-electron chi connectivity index (χ2n) is 5.44.